The second-order valence-corrected chi connectivity index (χ2v) is 6.47. The number of hydrogen-bond acceptors (Lipinski definition) is 4. The lowest BCUT2D eigenvalue weighted by molar-refractivity contribution is 0.0252. The molecule has 5 nitrogen and oxygen atoms in total. The number of amides is 1. The van der Waals surface area contributed by atoms with Crippen molar-refractivity contribution in [2.45, 2.75) is 18.9 Å². The van der Waals surface area contributed by atoms with E-state index in [9.17, 15) is 9.59 Å². The van der Waals surface area contributed by atoms with Gasteiger partial charge in [-0.3, -0.25) is 4.79 Å². The molecule has 0 spiro atoms. The summed E-state index contributed by atoms with van der Waals surface area (Å²) < 4.78 is 10.8. The summed E-state index contributed by atoms with van der Waals surface area (Å²) in [6.07, 6.45) is 2.47. The number of nitrogens with one attached hydrogen (secondary N) is 1. The Balaban J connectivity index is 1.47. The van der Waals surface area contributed by atoms with Crippen molar-refractivity contribution in [2.75, 3.05) is 6.54 Å². The standard InChI is InChI=1S/C22H19NO4/c24-21(23-11-10-18-7-4-12-26-18)16-8-9-19-17(13-16)14-20(27-22(19)25)15-5-2-1-3-6-15/h1-9,12-13,20H,10-11,14H2,(H,23,24). The summed E-state index contributed by atoms with van der Waals surface area (Å²) in [6.45, 7) is 0.484. The molecule has 5 heteroatoms. The predicted molar refractivity (Wildman–Crippen MR) is 99.5 cm³/mol. The number of ether oxygens (including phenoxy) is 1. The number of carbonyl (C=O) groups excluding carboxylic acids is 2. The third-order valence-corrected chi connectivity index (χ3v) is 4.65. The molecule has 2 aromatic carbocycles. The number of cyclic esters (lactones) is 1. The van der Waals surface area contributed by atoms with Crippen LogP contribution in [0, 0.1) is 0 Å². The molecule has 3 aromatic rings. The van der Waals surface area contributed by atoms with Gasteiger partial charge in [-0.25, -0.2) is 4.79 Å². The Morgan fingerprint density at radius 2 is 1.93 bits per heavy atom. The zero-order chi connectivity index (χ0) is 18.6. The Bertz CT molecular complexity index is 948. The zero-order valence-corrected chi connectivity index (χ0v) is 14.7. The van der Waals surface area contributed by atoms with E-state index in [4.69, 9.17) is 9.15 Å². The van der Waals surface area contributed by atoms with Crippen LogP contribution in [0.5, 0.6) is 0 Å². The fourth-order valence-corrected chi connectivity index (χ4v) is 3.25. The quantitative estimate of drug-likeness (QED) is 0.704. The fraction of sp³-hybridized carbons (Fsp3) is 0.182. The van der Waals surface area contributed by atoms with Gasteiger partial charge in [0.25, 0.3) is 5.91 Å². The molecule has 1 unspecified atom stereocenters. The molecule has 1 atom stereocenters. The van der Waals surface area contributed by atoms with Gasteiger partial charge in [-0.2, -0.15) is 0 Å². The molecule has 0 saturated heterocycles. The maximum atomic E-state index is 12.4. The summed E-state index contributed by atoms with van der Waals surface area (Å²) in [5.41, 5.74) is 2.84. The molecule has 27 heavy (non-hydrogen) atoms. The van der Waals surface area contributed by atoms with E-state index in [0.717, 1.165) is 16.9 Å². The molecule has 1 aliphatic rings. The van der Waals surface area contributed by atoms with Gasteiger partial charge in [-0.1, -0.05) is 30.3 Å². The molecule has 1 N–H and O–H groups in total. The van der Waals surface area contributed by atoms with Crippen LogP contribution in [0.1, 0.15) is 43.7 Å². The van der Waals surface area contributed by atoms with Gasteiger partial charge in [0, 0.05) is 24.9 Å². The van der Waals surface area contributed by atoms with Crippen molar-refractivity contribution in [3.05, 3.63) is 94.9 Å². The van der Waals surface area contributed by atoms with Crippen molar-refractivity contribution in [1.82, 2.24) is 5.32 Å². The maximum Gasteiger partial charge on any atom is 0.339 e. The number of benzene rings is 2. The average Bonchev–Trinajstić information content (AvgIpc) is 3.21. The van der Waals surface area contributed by atoms with Gasteiger partial charge < -0.3 is 14.5 Å². The number of carbonyl (C=O) groups is 2. The fourth-order valence-electron chi connectivity index (χ4n) is 3.25. The molecule has 2 heterocycles. The van der Waals surface area contributed by atoms with E-state index in [1.807, 2.05) is 42.5 Å². The third kappa shape index (κ3) is 3.77. The summed E-state index contributed by atoms with van der Waals surface area (Å²) in [5, 5.41) is 2.88. The molecule has 1 aromatic heterocycles. The molecule has 4 rings (SSSR count). The number of fused-ring (bicyclic) bond motifs is 1. The number of rotatable bonds is 5. The summed E-state index contributed by atoms with van der Waals surface area (Å²) in [6, 6.07) is 18.4. The van der Waals surface area contributed by atoms with E-state index in [0.29, 0.717) is 30.5 Å². The molecule has 136 valence electrons. The van der Waals surface area contributed by atoms with E-state index < -0.39 is 0 Å². The van der Waals surface area contributed by atoms with Crippen LogP contribution in [-0.2, 0) is 17.6 Å². The molecule has 0 fully saturated rings. The van der Waals surface area contributed by atoms with E-state index >= 15 is 0 Å². The van der Waals surface area contributed by atoms with Crippen molar-refractivity contribution >= 4 is 11.9 Å². The molecular weight excluding hydrogens is 342 g/mol. The van der Waals surface area contributed by atoms with Crippen LogP contribution in [0.15, 0.2) is 71.3 Å². The Labute approximate surface area is 157 Å². The summed E-state index contributed by atoms with van der Waals surface area (Å²) in [5.74, 6) is 0.309. The van der Waals surface area contributed by atoms with Gasteiger partial charge in [0.1, 0.15) is 11.9 Å². The normalized spacial score (nSPS) is 15.7. The second-order valence-electron chi connectivity index (χ2n) is 6.47. The Kier molecular flexibility index (Phi) is 4.75. The Morgan fingerprint density at radius 1 is 1.07 bits per heavy atom. The van der Waals surface area contributed by atoms with E-state index in [1.54, 1.807) is 24.5 Å². The van der Waals surface area contributed by atoms with Gasteiger partial charge in [0.2, 0.25) is 0 Å². The van der Waals surface area contributed by atoms with Crippen LogP contribution in [0.3, 0.4) is 0 Å². The van der Waals surface area contributed by atoms with Crippen LogP contribution in [0.2, 0.25) is 0 Å². The first-order valence-electron chi connectivity index (χ1n) is 8.90. The number of esters is 1. The molecule has 1 amide bonds. The highest BCUT2D eigenvalue weighted by atomic mass is 16.5. The van der Waals surface area contributed by atoms with Crippen LogP contribution < -0.4 is 5.32 Å². The molecule has 0 radical (unpaired) electrons. The Morgan fingerprint density at radius 3 is 2.70 bits per heavy atom. The predicted octanol–water partition coefficient (Wildman–Crippen LogP) is 3.71. The summed E-state index contributed by atoms with van der Waals surface area (Å²) in [7, 11) is 0. The number of hydrogen-bond donors (Lipinski definition) is 1. The lowest BCUT2D eigenvalue weighted by Crippen LogP contribution is -2.27. The van der Waals surface area contributed by atoms with Gasteiger partial charge in [0.15, 0.2) is 0 Å². The lowest BCUT2D eigenvalue weighted by Gasteiger charge is -2.25. The third-order valence-electron chi connectivity index (χ3n) is 4.65. The van der Waals surface area contributed by atoms with Crippen molar-refractivity contribution in [2.24, 2.45) is 0 Å². The smallest absolute Gasteiger partial charge is 0.339 e. The molecular formula is C22H19NO4. The van der Waals surface area contributed by atoms with Crippen molar-refractivity contribution in [1.29, 1.82) is 0 Å². The minimum atomic E-state index is -0.352. The minimum Gasteiger partial charge on any atom is -0.469 e. The SMILES string of the molecule is O=C(NCCc1ccco1)c1ccc2c(c1)CC(c1ccccc1)OC2=O. The number of furan rings is 1. The largest absolute Gasteiger partial charge is 0.469 e. The van der Waals surface area contributed by atoms with Gasteiger partial charge in [0.05, 0.1) is 11.8 Å². The molecule has 0 saturated carbocycles. The van der Waals surface area contributed by atoms with Crippen LogP contribution in [-0.4, -0.2) is 18.4 Å². The monoisotopic (exact) mass is 361 g/mol. The van der Waals surface area contributed by atoms with Gasteiger partial charge in [-0.05, 0) is 41.5 Å². The van der Waals surface area contributed by atoms with E-state index in [2.05, 4.69) is 5.32 Å². The highest BCUT2D eigenvalue weighted by Gasteiger charge is 2.28. The summed E-state index contributed by atoms with van der Waals surface area (Å²) in [4.78, 5) is 24.8. The first kappa shape index (κ1) is 17.1. The lowest BCUT2D eigenvalue weighted by atomic mass is 9.93. The van der Waals surface area contributed by atoms with E-state index in [-0.39, 0.29) is 18.0 Å². The van der Waals surface area contributed by atoms with Gasteiger partial charge in [-0.15, -0.1) is 0 Å². The van der Waals surface area contributed by atoms with Crippen molar-refractivity contribution < 1.29 is 18.7 Å². The highest BCUT2D eigenvalue weighted by molar-refractivity contribution is 5.97. The molecule has 0 aliphatic carbocycles. The van der Waals surface area contributed by atoms with E-state index in [1.165, 1.54) is 0 Å². The van der Waals surface area contributed by atoms with Crippen LogP contribution in [0.25, 0.3) is 0 Å². The first-order valence-corrected chi connectivity index (χ1v) is 8.90. The first-order chi connectivity index (χ1) is 13.2. The van der Waals surface area contributed by atoms with Crippen LogP contribution in [0.4, 0.5) is 0 Å². The maximum absolute atomic E-state index is 12.4. The minimum absolute atomic E-state index is 0.167. The van der Waals surface area contributed by atoms with Gasteiger partial charge >= 0.3 is 5.97 Å². The topological polar surface area (TPSA) is 68.5 Å². The van der Waals surface area contributed by atoms with Crippen LogP contribution >= 0.6 is 0 Å². The van der Waals surface area contributed by atoms with Crippen molar-refractivity contribution in [3.63, 3.8) is 0 Å². The molecule has 0 bridgehead atoms. The molecule has 1 aliphatic heterocycles. The average molecular weight is 361 g/mol. The highest BCUT2D eigenvalue weighted by Crippen LogP contribution is 2.31. The van der Waals surface area contributed by atoms with Crippen molar-refractivity contribution in [3.8, 4) is 0 Å². The summed E-state index contributed by atoms with van der Waals surface area (Å²) >= 11 is 0. The second kappa shape index (κ2) is 7.50. The zero-order valence-electron chi connectivity index (χ0n) is 14.7. The Hall–Kier alpha value is -3.34.